The molecule has 0 atom stereocenters. The molecule has 0 heterocycles. The molecule has 34 heavy (non-hydrogen) atoms. The first-order chi connectivity index (χ1) is 16.7. The maximum absolute atomic E-state index is 5.34. The Kier molecular flexibility index (Phi) is 9.19. The fraction of sp³-hybridized carbons (Fsp3) is 0.120. The van der Waals surface area contributed by atoms with Crippen LogP contribution in [0.1, 0.15) is 16.7 Å². The Bertz CT molecular complexity index is 1130. The molecule has 3 rings (SSSR count). The van der Waals surface area contributed by atoms with Gasteiger partial charge in [0.15, 0.2) is 0 Å². The predicted octanol–water partition coefficient (Wildman–Crippen LogP) is 3.65. The molecule has 9 heteroatoms. The molecule has 0 unspecified atom stereocenters. The first-order valence-corrected chi connectivity index (χ1v) is 10.3. The van der Waals surface area contributed by atoms with E-state index in [0.717, 1.165) is 16.7 Å². The summed E-state index contributed by atoms with van der Waals surface area (Å²) in [5.74, 6) is 2.28. The van der Waals surface area contributed by atoms with Gasteiger partial charge in [-0.25, -0.2) is 10.9 Å². The second kappa shape index (κ2) is 13.0. The lowest BCUT2D eigenvalue weighted by atomic mass is 10.2. The van der Waals surface area contributed by atoms with E-state index in [1.807, 2.05) is 72.8 Å². The van der Waals surface area contributed by atoms with Crippen LogP contribution in [-0.2, 0) is 0 Å². The monoisotopic (exact) mass is 458 g/mol. The van der Waals surface area contributed by atoms with Crippen molar-refractivity contribution in [2.45, 2.75) is 0 Å². The Labute approximate surface area is 198 Å². The van der Waals surface area contributed by atoms with Crippen molar-refractivity contribution >= 4 is 24.6 Å². The van der Waals surface area contributed by atoms with Crippen LogP contribution < -0.4 is 25.1 Å². The van der Waals surface area contributed by atoms with Gasteiger partial charge in [0.2, 0.25) is 0 Å². The quantitative estimate of drug-likeness (QED) is 0.290. The summed E-state index contributed by atoms with van der Waals surface area (Å²) >= 11 is 0. The van der Waals surface area contributed by atoms with Crippen molar-refractivity contribution in [2.24, 2.45) is 20.4 Å². The molecule has 0 aromatic heterocycles. The molecule has 0 bridgehead atoms. The fourth-order valence-electron chi connectivity index (χ4n) is 2.86. The predicted molar refractivity (Wildman–Crippen MR) is 135 cm³/mol. The van der Waals surface area contributed by atoms with Gasteiger partial charge in [0.25, 0.3) is 5.96 Å². The second-order valence-corrected chi connectivity index (χ2v) is 6.66. The van der Waals surface area contributed by atoms with Gasteiger partial charge in [-0.1, -0.05) is 36.4 Å². The summed E-state index contributed by atoms with van der Waals surface area (Å²) in [6.45, 7) is 0. The van der Waals surface area contributed by atoms with Gasteiger partial charge >= 0.3 is 0 Å². The lowest BCUT2D eigenvalue weighted by Gasteiger charge is -2.06. The molecule has 0 amide bonds. The van der Waals surface area contributed by atoms with Gasteiger partial charge in [-0.05, 0) is 36.4 Å². The van der Waals surface area contributed by atoms with Gasteiger partial charge in [0.05, 0.1) is 40.0 Å². The molecule has 9 nitrogen and oxygen atoms in total. The molecule has 0 spiro atoms. The molecule has 0 aliphatic rings. The van der Waals surface area contributed by atoms with E-state index >= 15 is 0 Å². The van der Waals surface area contributed by atoms with E-state index in [1.165, 1.54) is 0 Å². The third kappa shape index (κ3) is 6.92. The summed E-state index contributed by atoms with van der Waals surface area (Å²) in [5.41, 5.74) is 8.00. The number of hydrogen-bond donors (Lipinski definition) is 2. The third-order valence-corrected chi connectivity index (χ3v) is 4.52. The van der Waals surface area contributed by atoms with E-state index in [4.69, 9.17) is 14.2 Å². The Balaban J connectivity index is 1.78. The number of rotatable bonds is 9. The average Bonchev–Trinajstić information content (AvgIpc) is 2.89. The molecule has 0 fully saturated rings. The van der Waals surface area contributed by atoms with E-state index in [1.54, 1.807) is 40.0 Å². The maximum atomic E-state index is 5.34. The van der Waals surface area contributed by atoms with Crippen LogP contribution in [0.3, 0.4) is 0 Å². The topological polar surface area (TPSA) is 101 Å². The fourth-order valence-corrected chi connectivity index (χ4v) is 2.86. The van der Waals surface area contributed by atoms with E-state index in [9.17, 15) is 0 Å². The standard InChI is InChI=1S/C25H26N6O3/c1-32-22-13-7-4-10-19(22)16-26-29-25(30-27-17-20-11-5-8-14-23(20)33-2)31-28-18-21-12-6-9-15-24(21)34-3/h4-18H,1-3H3,(H2,29,30,31)/b26-16+,27-17?,28-18?. The van der Waals surface area contributed by atoms with Gasteiger partial charge in [0.1, 0.15) is 17.2 Å². The first-order valence-electron chi connectivity index (χ1n) is 10.3. The molecule has 3 aromatic carbocycles. The van der Waals surface area contributed by atoms with Crippen LogP contribution in [0.4, 0.5) is 0 Å². The number of para-hydroxylation sites is 3. The number of nitrogens with one attached hydrogen (secondary N) is 2. The molecule has 0 saturated heterocycles. The van der Waals surface area contributed by atoms with Crippen LogP contribution in [0.25, 0.3) is 0 Å². The number of benzene rings is 3. The summed E-state index contributed by atoms with van der Waals surface area (Å²) in [6.07, 6.45) is 4.81. The van der Waals surface area contributed by atoms with Crippen LogP contribution in [0.2, 0.25) is 0 Å². The number of methoxy groups -OCH3 is 3. The largest absolute Gasteiger partial charge is 0.496 e. The lowest BCUT2D eigenvalue weighted by Crippen LogP contribution is -2.30. The Morgan fingerprint density at radius 2 is 0.971 bits per heavy atom. The number of guanidine groups is 1. The van der Waals surface area contributed by atoms with Gasteiger partial charge < -0.3 is 14.2 Å². The van der Waals surface area contributed by atoms with Crippen molar-refractivity contribution in [2.75, 3.05) is 21.3 Å². The summed E-state index contributed by atoms with van der Waals surface area (Å²) in [4.78, 5) is 0. The highest BCUT2D eigenvalue weighted by Crippen LogP contribution is 2.16. The highest BCUT2D eigenvalue weighted by Gasteiger charge is 2.01. The van der Waals surface area contributed by atoms with Gasteiger partial charge in [-0.15, -0.1) is 5.10 Å². The smallest absolute Gasteiger partial charge is 0.257 e. The van der Waals surface area contributed by atoms with Crippen LogP contribution >= 0.6 is 0 Å². The Morgan fingerprint density at radius 1 is 0.588 bits per heavy atom. The minimum atomic E-state index is 0.198. The molecule has 0 aliphatic heterocycles. The SMILES string of the molecule is COc1ccccc1C=NN=C(NN=Cc1ccccc1OC)N/N=C/c1ccccc1OC. The van der Waals surface area contributed by atoms with Gasteiger partial charge in [0, 0.05) is 16.7 Å². The van der Waals surface area contributed by atoms with Crippen molar-refractivity contribution in [3.63, 3.8) is 0 Å². The van der Waals surface area contributed by atoms with E-state index < -0.39 is 0 Å². The Hall–Kier alpha value is -4.66. The van der Waals surface area contributed by atoms with E-state index in [2.05, 4.69) is 31.3 Å². The lowest BCUT2D eigenvalue weighted by molar-refractivity contribution is 0.414. The highest BCUT2D eigenvalue weighted by molar-refractivity contribution is 5.89. The van der Waals surface area contributed by atoms with Crippen molar-refractivity contribution in [3.8, 4) is 17.2 Å². The zero-order valence-corrected chi connectivity index (χ0v) is 19.2. The van der Waals surface area contributed by atoms with Crippen molar-refractivity contribution in [1.82, 2.24) is 10.9 Å². The number of hydrogen-bond acceptors (Lipinski definition) is 7. The summed E-state index contributed by atoms with van der Waals surface area (Å²) < 4.78 is 16.0. The second-order valence-electron chi connectivity index (χ2n) is 6.66. The van der Waals surface area contributed by atoms with Crippen molar-refractivity contribution in [3.05, 3.63) is 89.5 Å². The van der Waals surface area contributed by atoms with E-state index in [0.29, 0.717) is 17.2 Å². The number of nitrogens with zero attached hydrogens (tertiary/aromatic N) is 4. The number of ether oxygens (including phenoxy) is 3. The van der Waals surface area contributed by atoms with Gasteiger partial charge in [-0.3, -0.25) is 0 Å². The minimum absolute atomic E-state index is 0.198. The Morgan fingerprint density at radius 3 is 1.38 bits per heavy atom. The van der Waals surface area contributed by atoms with Gasteiger partial charge in [-0.2, -0.15) is 15.3 Å². The molecule has 174 valence electrons. The van der Waals surface area contributed by atoms with Crippen LogP contribution in [0, 0.1) is 0 Å². The molecule has 0 aliphatic carbocycles. The summed E-state index contributed by atoms with van der Waals surface area (Å²) in [6, 6.07) is 22.5. The molecule has 3 aromatic rings. The van der Waals surface area contributed by atoms with Crippen molar-refractivity contribution in [1.29, 1.82) is 0 Å². The van der Waals surface area contributed by atoms with Crippen molar-refractivity contribution < 1.29 is 14.2 Å². The molecular formula is C25H26N6O3. The zero-order valence-electron chi connectivity index (χ0n) is 19.2. The molecule has 0 radical (unpaired) electrons. The molecular weight excluding hydrogens is 432 g/mol. The van der Waals surface area contributed by atoms with Crippen LogP contribution in [-0.4, -0.2) is 45.9 Å². The first kappa shape index (κ1) is 24.0. The summed E-state index contributed by atoms with van der Waals surface area (Å²) in [5, 5.41) is 16.7. The van der Waals surface area contributed by atoms with Crippen LogP contribution in [0.15, 0.2) is 93.2 Å². The van der Waals surface area contributed by atoms with E-state index in [-0.39, 0.29) is 5.96 Å². The minimum Gasteiger partial charge on any atom is -0.496 e. The maximum Gasteiger partial charge on any atom is 0.257 e. The number of hydrazone groups is 2. The summed E-state index contributed by atoms with van der Waals surface area (Å²) in [7, 11) is 4.81. The van der Waals surface area contributed by atoms with Crippen LogP contribution in [0.5, 0.6) is 17.2 Å². The molecule has 2 N–H and O–H groups in total. The highest BCUT2D eigenvalue weighted by atomic mass is 16.5. The molecule has 0 saturated carbocycles. The average molecular weight is 459 g/mol. The normalized spacial score (nSPS) is 11.8. The third-order valence-electron chi connectivity index (χ3n) is 4.52. The zero-order chi connectivity index (χ0) is 24.0.